The molecule has 280 valence electrons. The number of aromatic nitrogens is 1. The van der Waals surface area contributed by atoms with Crippen LogP contribution in [0.1, 0.15) is 35.7 Å². The van der Waals surface area contributed by atoms with Crippen LogP contribution in [-0.4, -0.2) is 4.57 Å². The summed E-state index contributed by atoms with van der Waals surface area (Å²) in [6, 6.07) is 64.8. The predicted molar refractivity (Wildman–Crippen MR) is 247 cm³/mol. The first-order chi connectivity index (χ1) is 29.2. The fourth-order valence-corrected chi connectivity index (χ4v) is 10.5. The van der Waals surface area contributed by atoms with Gasteiger partial charge in [-0.05, 0) is 110 Å². The Hall–Kier alpha value is -7.16. The molecule has 0 aliphatic heterocycles. The zero-order valence-corrected chi connectivity index (χ0v) is 33.0. The second-order valence-corrected chi connectivity index (χ2v) is 16.4. The second kappa shape index (κ2) is 13.5. The van der Waals surface area contributed by atoms with Crippen LogP contribution in [0, 0.1) is 11.8 Å². The van der Waals surface area contributed by atoms with Crippen molar-refractivity contribution < 1.29 is 0 Å². The van der Waals surface area contributed by atoms with Gasteiger partial charge in [0.25, 0.3) is 0 Å². The molecular formula is C57H42N2. The minimum Gasteiger partial charge on any atom is -0.313 e. The van der Waals surface area contributed by atoms with Crippen LogP contribution in [0.3, 0.4) is 0 Å². The largest absolute Gasteiger partial charge is 0.313 e. The number of anilines is 2. The number of rotatable bonds is 6. The monoisotopic (exact) mass is 754 g/mol. The molecule has 8 aromatic rings. The molecule has 2 heteroatoms. The highest BCUT2D eigenvalue weighted by Crippen LogP contribution is 2.52. The molecule has 2 nitrogen and oxygen atoms in total. The Kier molecular flexibility index (Phi) is 7.74. The molecule has 59 heavy (non-hydrogen) atoms. The summed E-state index contributed by atoms with van der Waals surface area (Å²) in [7, 11) is 0. The lowest BCUT2D eigenvalue weighted by Gasteiger charge is -2.32. The molecule has 0 saturated heterocycles. The lowest BCUT2D eigenvalue weighted by Crippen LogP contribution is -2.34. The Bertz CT molecular complexity index is 3230. The van der Waals surface area contributed by atoms with E-state index < -0.39 is 0 Å². The molecule has 0 fully saturated rings. The number of hydrogen-bond acceptors (Lipinski definition) is 1. The topological polar surface area (TPSA) is 8.17 Å². The molecule has 1 aromatic heterocycles. The third-order valence-electron chi connectivity index (χ3n) is 13.1. The standard InChI is InChI=1S/C57H42N2/c1-37-28-31-48-51-35-41(30-33-49(51)56-45-23-9-8-20-40(45)34-50(37)57(48)56)58(52-25-13-10-21-43(52)38-16-4-2-5-17-38)42-29-32-47-46-24-12-15-27-54(46)59(55(47)36-42)53-26-14-11-22-44(53)39-18-6-3-7-19-39/h2-28,30-31,33-37,50H,29,32H2,1H3. The molecule has 0 saturated carbocycles. The minimum atomic E-state index is 0.366. The molecule has 2 unspecified atom stereocenters. The highest BCUT2D eigenvalue weighted by Gasteiger charge is 2.37. The van der Waals surface area contributed by atoms with E-state index in [2.05, 4.69) is 217 Å². The van der Waals surface area contributed by atoms with Crippen molar-refractivity contribution >= 4 is 45.6 Å². The van der Waals surface area contributed by atoms with Crippen molar-refractivity contribution in [2.45, 2.75) is 19.8 Å². The highest BCUT2D eigenvalue weighted by atomic mass is 15.2. The van der Waals surface area contributed by atoms with Crippen LogP contribution in [0.2, 0.25) is 0 Å². The average Bonchev–Trinajstić information content (AvgIpc) is 3.81. The number of hydrogen-bond donors (Lipinski definition) is 0. The van der Waals surface area contributed by atoms with E-state index in [0.717, 1.165) is 12.8 Å². The summed E-state index contributed by atoms with van der Waals surface area (Å²) in [5.41, 5.74) is 20.6. The van der Waals surface area contributed by atoms with Crippen molar-refractivity contribution in [1.29, 1.82) is 0 Å². The Labute approximate surface area is 345 Å². The van der Waals surface area contributed by atoms with E-state index in [4.69, 9.17) is 0 Å². The molecule has 4 aliphatic rings. The molecule has 12 rings (SSSR count). The molecule has 0 N–H and O–H groups in total. The van der Waals surface area contributed by atoms with Crippen molar-refractivity contribution in [2.75, 3.05) is 4.90 Å². The van der Waals surface area contributed by atoms with Crippen LogP contribution in [0.4, 0.5) is 11.4 Å². The van der Waals surface area contributed by atoms with Crippen LogP contribution in [0.25, 0.3) is 62.1 Å². The second-order valence-electron chi connectivity index (χ2n) is 16.4. The third kappa shape index (κ3) is 5.26. The first kappa shape index (κ1) is 33.9. The molecule has 0 spiro atoms. The Balaban J connectivity index is 1.11. The van der Waals surface area contributed by atoms with Gasteiger partial charge in [0.2, 0.25) is 0 Å². The molecule has 0 radical (unpaired) electrons. The fourth-order valence-electron chi connectivity index (χ4n) is 10.5. The summed E-state index contributed by atoms with van der Waals surface area (Å²) in [5, 5.41) is 4.02. The summed E-state index contributed by atoms with van der Waals surface area (Å²) < 4.78 is 2.52. The van der Waals surface area contributed by atoms with Gasteiger partial charge in [-0.15, -0.1) is 0 Å². The SMILES string of the molecule is CC1C=CC2=C3C(=c4ccccc4=CC31)c1ccc(N(C3=Cc4c(c5ccccc5n4-c4ccccc4-c4ccccc4)CC3)c3ccccc3-c3ccccc3)cc12. The van der Waals surface area contributed by atoms with Crippen LogP contribution < -0.4 is 15.3 Å². The van der Waals surface area contributed by atoms with Gasteiger partial charge in [0, 0.05) is 33.8 Å². The maximum absolute atomic E-state index is 2.57. The lowest BCUT2D eigenvalue weighted by molar-refractivity contribution is 0.615. The van der Waals surface area contributed by atoms with Crippen LogP contribution >= 0.6 is 0 Å². The van der Waals surface area contributed by atoms with Crippen molar-refractivity contribution in [2.24, 2.45) is 11.8 Å². The van der Waals surface area contributed by atoms with Gasteiger partial charge in [0.15, 0.2) is 0 Å². The Morgan fingerprint density at radius 1 is 0.593 bits per heavy atom. The molecule has 2 atom stereocenters. The summed E-state index contributed by atoms with van der Waals surface area (Å²) in [6.07, 6.45) is 11.7. The molecule has 4 aliphatic carbocycles. The van der Waals surface area contributed by atoms with E-state index >= 15 is 0 Å². The lowest BCUT2D eigenvalue weighted by atomic mass is 9.75. The zero-order valence-electron chi connectivity index (χ0n) is 33.0. The summed E-state index contributed by atoms with van der Waals surface area (Å²) >= 11 is 0. The van der Waals surface area contributed by atoms with Gasteiger partial charge in [-0.25, -0.2) is 0 Å². The van der Waals surface area contributed by atoms with E-state index in [1.54, 1.807) is 0 Å². The summed E-state index contributed by atoms with van der Waals surface area (Å²) in [6.45, 7) is 2.37. The number of para-hydroxylation sites is 3. The quantitative estimate of drug-likeness (QED) is 0.164. The number of benzene rings is 7. The number of fused-ring (bicyclic) bond motifs is 7. The van der Waals surface area contributed by atoms with E-state index in [1.165, 1.54) is 105 Å². The number of allylic oxidation sites excluding steroid dienone is 5. The van der Waals surface area contributed by atoms with Crippen molar-refractivity contribution in [3.05, 3.63) is 232 Å². The molecule has 0 amide bonds. The van der Waals surface area contributed by atoms with E-state index in [-0.39, 0.29) is 0 Å². The summed E-state index contributed by atoms with van der Waals surface area (Å²) in [4.78, 5) is 2.57. The number of aryl methyl sites for hydroxylation is 1. The van der Waals surface area contributed by atoms with E-state index in [0.29, 0.717) is 11.8 Å². The average molecular weight is 755 g/mol. The van der Waals surface area contributed by atoms with Crippen LogP contribution in [0.5, 0.6) is 0 Å². The normalized spacial score (nSPS) is 17.2. The van der Waals surface area contributed by atoms with Crippen LogP contribution in [0.15, 0.2) is 199 Å². The van der Waals surface area contributed by atoms with Gasteiger partial charge in [0.05, 0.1) is 22.6 Å². The summed E-state index contributed by atoms with van der Waals surface area (Å²) in [5.74, 6) is 0.811. The van der Waals surface area contributed by atoms with E-state index in [9.17, 15) is 0 Å². The predicted octanol–water partition coefficient (Wildman–Crippen LogP) is 12.7. The van der Waals surface area contributed by atoms with E-state index in [1.807, 2.05) is 0 Å². The molecular weight excluding hydrogens is 713 g/mol. The van der Waals surface area contributed by atoms with Gasteiger partial charge in [0.1, 0.15) is 0 Å². The van der Waals surface area contributed by atoms with Gasteiger partial charge < -0.3 is 9.47 Å². The number of nitrogens with zero attached hydrogens (tertiary/aromatic N) is 2. The smallest absolute Gasteiger partial charge is 0.0540 e. The molecule has 0 bridgehead atoms. The van der Waals surface area contributed by atoms with Gasteiger partial charge in [-0.2, -0.15) is 0 Å². The Morgan fingerprint density at radius 2 is 1.29 bits per heavy atom. The third-order valence-corrected chi connectivity index (χ3v) is 13.1. The Morgan fingerprint density at radius 3 is 2.14 bits per heavy atom. The van der Waals surface area contributed by atoms with Crippen LogP contribution in [-0.2, 0) is 6.42 Å². The van der Waals surface area contributed by atoms with Gasteiger partial charge in [-0.3, -0.25) is 0 Å². The zero-order chi connectivity index (χ0) is 39.0. The van der Waals surface area contributed by atoms with Crippen molar-refractivity contribution in [3.8, 4) is 27.9 Å². The van der Waals surface area contributed by atoms with Crippen molar-refractivity contribution in [3.63, 3.8) is 0 Å². The van der Waals surface area contributed by atoms with Crippen molar-refractivity contribution in [1.82, 2.24) is 4.57 Å². The fraction of sp³-hybridized carbons (Fsp3) is 0.0877. The van der Waals surface area contributed by atoms with Gasteiger partial charge >= 0.3 is 0 Å². The maximum Gasteiger partial charge on any atom is 0.0540 e. The van der Waals surface area contributed by atoms with Gasteiger partial charge in [-0.1, -0.05) is 171 Å². The first-order valence-corrected chi connectivity index (χ1v) is 21.0. The maximum atomic E-state index is 2.57. The molecule has 1 heterocycles. The first-order valence-electron chi connectivity index (χ1n) is 21.0. The minimum absolute atomic E-state index is 0.366. The molecule has 7 aromatic carbocycles. The highest BCUT2D eigenvalue weighted by molar-refractivity contribution is 6.06.